The first-order valence-electron chi connectivity index (χ1n) is 10.8. The van der Waals surface area contributed by atoms with Gasteiger partial charge in [-0.25, -0.2) is 0 Å². The van der Waals surface area contributed by atoms with Crippen molar-refractivity contribution in [2.75, 3.05) is 0 Å². The zero-order valence-corrected chi connectivity index (χ0v) is 20.5. The first-order chi connectivity index (χ1) is 15.2. The lowest BCUT2D eigenvalue weighted by molar-refractivity contribution is 0.881. The Labute approximate surface area is 198 Å². The van der Waals surface area contributed by atoms with Gasteiger partial charge in [-0.1, -0.05) is 105 Å². The normalized spacial score (nSPS) is 28.3. The summed E-state index contributed by atoms with van der Waals surface area (Å²) in [6, 6.07) is -0.00230. The molecule has 0 spiro atoms. The van der Waals surface area contributed by atoms with Crippen LogP contribution < -0.4 is 5.73 Å². The molecule has 2 nitrogen and oxygen atoms in total. The van der Waals surface area contributed by atoms with Crippen LogP contribution in [0.25, 0.3) is 0 Å². The molecule has 1 aliphatic heterocycles. The van der Waals surface area contributed by atoms with Crippen LogP contribution in [0, 0.1) is 5.92 Å². The summed E-state index contributed by atoms with van der Waals surface area (Å²) in [5.74, 6) is 0.342. The van der Waals surface area contributed by atoms with E-state index < -0.39 is 0 Å². The highest BCUT2D eigenvalue weighted by atomic mass is 32.2. The highest BCUT2D eigenvalue weighted by Crippen LogP contribution is 2.34. The van der Waals surface area contributed by atoms with Gasteiger partial charge in [-0.3, -0.25) is 4.99 Å². The van der Waals surface area contributed by atoms with Crippen LogP contribution in [0.3, 0.4) is 0 Å². The second kappa shape index (κ2) is 12.1. The quantitative estimate of drug-likeness (QED) is 0.453. The molecule has 2 rings (SSSR count). The minimum absolute atomic E-state index is 0.00230. The van der Waals surface area contributed by atoms with Gasteiger partial charge in [0.15, 0.2) is 0 Å². The van der Waals surface area contributed by atoms with E-state index >= 15 is 0 Å². The molecule has 2 atom stereocenters. The number of hydrogen-bond donors (Lipinski definition) is 1. The summed E-state index contributed by atoms with van der Waals surface area (Å²) in [5, 5.41) is 0. The van der Waals surface area contributed by atoms with Crippen molar-refractivity contribution in [3.05, 3.63) is 130 Å². The standard InChI is InChI=1S/C29H34N2S/c1-20-11-8-9-12-23(4)29(31-24(5)17-15-20)28-18-16-22(3)21(2)13-10-14-27(28)26(7)32-25(6)19-30/h8-20,24H,3-4,7,30H2,1-2,5-6H3/b11-8-,12-9-,14-10?,17-15-,18-16-,21-13+,25-19+,28-27?,31-29?. The molecule has 0 aromatic rings. The highest BCUT2D eigenvalue weighted by molar-refractivity contribution is 8.06. The Morgan fingerprint density at radius 1 is 1.00 bits per heavy atom. The zero-order chi connectivity index (χ0) is 23.7. The third-order valence-electron chi connectivity index (χ3n) is 5.08. The van der Waals surface area contributed by atoms with Gasteiger partial charge in [-0.15, -0.1) is 0 Å². The van der Waals surface area contributed by atoms with Crippen molar-refractivity contribution < 1.29 is 0 Å². The van der Waals surface area contributed by atoms with Gasteiger partial charge in [0, 0.05) is 21.6 Å². The molecular weight excluding hydrogens is 408 g/mol. The van der Waals surface area contributed by atoms with Crippen LogP contribution in [-0.4, -0.2) is 11.8 Å². The van der Waals surface area contributed by atoms with Crippen molar-refractivity contribution in [1.82, 2.24) is 0 Å². The lowest BCUT2D eigenvalue weighted by Gasteiger charge is -2.17. The molecule has 0 bridgehead atoms. The van der Waals surface area contributed by atoms with Gasteiger partial charge < -0.3 is 5.73 Å². The summed E-state index contributed by atoms with van der Waals surface area (Å²) in [7, 11) is 0. The van der Waals surface area contributed by atoms with Gasteiger partial charge in [0.2, 0.25) is 0 Å². The van der Waals surface area contributed by atoms with Crippen molar-refractivity contribution in [3.63, 3.8) is 0 Å². The smallest absolute Gasteiger partial charge is 0.0726 e. The summed E-state index contributed by atoms with van der Waals surface area (Å²) >= 11 is 1.55. The molecule has 0 aromatic heterocycles. The van der Waals surface area contributed by atoms with Crippen molar-refractivity contribution >= 4 is 17.5 Å². The Morgan fingerprint density at radius 2 is 1.75 bits per heavy atom. The third-order valence-corrected chi connectivity index (χ3v) is 6.01. The van der Waals surface area contributed by atoms with E-state index in [0.29, 0.717) is 5.92 Å². The second-order valence-corrected chi connectivity index (χ2v) is 9.27. The predicted molar refractivity (Wildman–Crippen MR) is 145 cm³/mol. The molecule has 2 unspecified atom stereocenters. The Hall–Kier alpha value is -3.04. The number of allylic oxidation sites excluding steroid dienone is 16. The van der Waals surface area contributed by atoms with Crippen LogP contribution in [0.4, 0.5) is 0 Å². The predicted octanol–water partition coefficient (Wildman–Crippen LogP) is 7.68. The largest absolute Gasteiger partial charge is 0.404 e. The number of aliphatic imine (C=N–C) groups is 1. The summed E-state index contributed by atoms with van der Waals surface area (Å²) in [4.78, 5) is 6.94. The van der Waals surface area contributed by atoms with Crippen LogP contribution in [0.5, 0.6) is 0 Å². The van der Waals surface area contributed by atoms with E-state index in [1.807, 2.05) is 31.2 Å². The summed E-state index contributed by atoms with van der Waals surface area (Å²) < 4.78 is 0. The fourth-order valence-corrected chi connectivity index (χ4v) is 3.83. The van der Waals surface area contributed by atoms with Crippen molar-refractivity contribution in [3.8, 4) is 0 Å². The molecule has 2 aliphatic rings. The molecule has 32 heavy (non-hydrogen) atoms. The van der Waals surface area contributed by atoms with Gasteiger partial charge in [0.05, 0.1) is 11.8 Å². The molecule has 3 heteroatoms. The number of rotatable bonds is 4. The van der Waals surface area contributed by atoms with E-state index in [1.165, 1.54) is 0 Å². The first-order valence-corrected chi connectivity index (χ1v) is 11.6. The molecule has 2 N–H and O–H groups in total. The molecular formula is C29H34N2S. The molecule has 0 fully saturated rings. The van der Waals surface area contributed by atoms with Crippen LogP contribution in [-0.2, 0) is 0 Å². The summed E-state index contributed by atoms with van der Waals surface area (Å²) in [6.07, 6.45) is 24.4. The van der Waals surface area contributed by atoms with Gasteiger partial charge >= 0.3 is 0 Å². The number of nitrogens with zero attached hydrogens (tertiary/aromatic N) is 1. The molecule has 1 heterocycles. The molecule has 0 aromatic carbocycles. The first kappa shape index (κ1) is 25.2. The fraction of sp³-hybridized carbons (Fsp3) is 0.207. The Morgan fingerprint density at radius 3 is 2.47 bits per heavy atom. The van der Waals surface area contributed by atoms with E-state index in [2.05, 4.69) is 83.0 Å². The second-order valence-electron chi connectivity index (χ2n) is 7.93. The van der Waals surface area contributed by atoms with Gasteiger partial charge in [0.25, 0.3) is 0 Å². The maximum absolute atomic E-state index is 5.73. The van der Waals surface area contributed by atoms with Crippen LogP contribution in [0.1, 0.15) is 27.7 Å². The minimum atomic E-state index is -0.00230. The zero-order valence-electron chi connectivity index (χ0n) is 19.6. The van der Waals surface area contributed by atoms with Gasteiger partial charge in [-0.2, -0.15) is 0 Å². The molecule has 166 valence electrons. The summed E-state index contributed by atoms with van der Waals surface area (Å²) in [6.45, 7) is 21.2. The Bertz CT molecular complexity index is 1050. The maximum Gasteiger partial charge on any atom is 0.0726 e. The van der Waals surface area contributed by atoms with Crippen molar-refractivity contribution in [2.24, 2.45) is 16.6 Å². The molecule has 0 radical (unpaired) electrons. The monoisotopic (exact) mass is 442 g/mol. The number of thioether (sulfide) groups is 1. The van der Waals surface area contributed by atoms with E-state index in [4.69, 9.17) is 10.7 Å². The minimum Gasteiger partial charge on any atom is -0.404 e. The summed E-state index contributed by atoms with van der Waals surface area (Å²) in [5.41, 5.74) is 11.4. The average Bonchev–Trinajstić information content (AvgIpc) is 2.81. The molecule has 0 saturated carbocycles. The maximum atomic E-state index is 5.73. The topological polar surface area (TPSA) is 38.4 Å². The Balaban J connectivity index is 2.76. The van der Waals surface area contributed by atoms with Crippen LogP contribution in [0.2, 0.25) is 0 Å². The van der Waals surface area contributed by atoms with Gasteiger partial charge in [-0.05, 0) is 49.0 Å². The Kier molecular flexibility index (Phi) is 9.55. The van der Waals surface area contributed by atoms with Crippen LogP contribution in [0.15, 0.2) is 135 Å². The number of hydrogen-bond acceptors (Lipinski definition) is 3. The SMILES string of the molecule is C=C1/C=C\C=C/C(C)/C=C\C(C)N=C1C1=C(C(=C)S/C(C)=C/N)C=C/C=C(\C)C(=C)/C=C\1. The molecule has 0 amide bonds. The fourth-order valence-electron chi connectivity index (χ4n) is 3.09. The lowest BCUT2D eigenvalue weighted by atomic mass is 9.95. The molecule has 1 aliphatic carbocycles. The third kappa shape index (κ3) is 7.28. The van der Waals surface area contributed by atoms with Crippen LogP contribution >= 0.6 is 11.8 Å². The van der Waals surface area contributed by atoms with Crippen molar-refractivity contribution in [1.29, 1.82) is 0 Å². The van der Waals surface area contributed by atoms with E-state index in [-0.39, 0.29) is 6.04 Å². The van der Waals surface area contributed by atoms with E-state index in [1.54, 1.807) is 18.0 Å². The van der Waals surface area contributed by atoms with Gasteiger partial charge in [0.1, 0.15) is 0 Å². The lowest BCUT2D eigenvalue weighted by Crippen LogP contribution is -2.10. The average molecular weight is 443 g/mol. The number of nitrogens with two attached hydrogens (primary N) is 1. The highest BCUT2D eigenvalue weighted by Gasteiger charge is 2.16. The van der Waals surface area contributed by atoms with Crippen molar-refractivity contribution in [2.45, 2.75) is 33.7 Å². The molecule has 0 saturated heterocycles. The van der Waals surface area contributed by atoms with E-state index in [9.17, 15) is 0 Å². The van der Waals surface area contributed by atoms with E-state index in [0.717, 1.165) is 43.4 Å².